The summed E-state index contributed by atoms with van der Waals surface area (Å²) < 4.78 is 5.39. The Labute approximate surface area is 143 Å². The minimum absolute atomic E-state index is 0.326. The maximum Gasteiger partial charge on any atom is 0.336 e. The monoisotopic (exact) mass is 322 g/mol. The number of fused-ring (bicyclic) bond motifs is 3. The zero-order valence-electron chi connectivity index (χ0n) is 13.4. The third-order valence-corrected chi connectivity index (χ3v) is 4.68. The fourth-order valence-corrected chi connectivity index (χ4v) is 3.54. The minimum atomic E-state index is -0.326. The highest BCUT2D eigenvalue weighted by Gasteiger charge is 2.10. The second-order valence-electron chi connectivity index (χ2n) is 6.20. The Hall–Kier alpha value is -3.39. The van der Waals surface area contributed by atoms with Gasteiger partial charge in [0.1, 0.15) is 5.58 Å². The Bertz CT molecular complexity index is 1260. The molecule has 0 bridgehead atoms. The molecule has 2 nitrogen and oxygen atoms in total. The summed E-state index contributed by atoms with van der Waals surface area (Å²) in [6.45, 7) is 0. The number of rotatable bonds is 1. The highest BCUT2D eigenvalue weighted by atomic mass is 16.4. The van der Waals surface area contributed by atoms with E-state index in [0.717, 1.165) is 10.9 Å². The molecule has 0 aliphatic carbocycles. The van der Waals surface area contributed by atoms with Crippen molar-refractivity contribution in [1.82, 2.24) is 0 Å². The van der Waals surface area contributed by atoms with E-state index in [4.69, 9.17) is 4.42 Å². The molecule has 5 rings (SSSR count). The van der Waals surface area contributed by atoms with Gasteiger partial charge in [-0.1, -0.05) is 60.7 Å². The van der Waals surface area contributed by atoms with Crippen molar-refractivity contribution in [2.24, 2.45) is 0 Å². The molecule has 0 spiro atoms. The zero-order valence-corrected chi connectivity index (χ0v) is 13.4. The molecule has 0 aliphatic heterocycles. The normalized spacial score (nSPS) is 11.4. The van der Waals surface area contributed by atoms with Crippen LogP contribution in [0.5, 0.6) is 0 Å². The highest BCUT2D eigenvalue weighted by Crippen LogP contribution is 2.37. The molecule has 0 saturated carbocycles. The van der Waals surface area contributed by atoms with Crippen LogP contribution >= 0.6 is 0 Å². The third kappa shape index (κ3) is 2.23. The first-order valence-corrected chi connectivity index (χ1v) is 8.24. The largest absolute Gasteiger partial charge is 0.423 e. The van der Waals surface area contributed by atoms with Crippen LogP contribution in [0.3, 0.4) is 0 Å². The molecule has 0 radical (unpaired) electrons. The maximum absolute atomic E-state index is 11.6. The van der Waals surface area contributed by atoms with Gasteiger partial charge >= 0.3 is 5.63 Å². The molecule has 2 heteroatoms. The second-order valence-corrected chi connectivity index (χ2v) is 6.20. The summed E-state index contributed by atoms with van der Waals surface area (Å²) in [6.07, 6.45) is 0. The van der Waals surface area contributed by atoms with E-state index in [2.05, 4.69) is 60.7 Å². The van der Waals surface area contributed by atoms with E-state index in [1.54, 1.807) is 6.07 Å². The third-order valence-electron chi connectivity index (χ3n) is 4.68. The molecule has 0 saturated heterocycles. The Morgan fingerprint density at radius 1 is 0.600 bits per heavy atom. The summed E-state index contributed by atoms with van der Waals surface area (Å²) in [5.74, 6) is 0. The molecular weight excluding hydrogens is 308 g/mol. The molecule has 0 N–H and O–H groups in total. The molecule has 25 heavy (non-hydrogen) atoms. The smallest absolute Gasteiger partial charge is 0.336 e. The molecule has 4 aromatic carbocycles. The van der Waals surface area contributed by atoms with Crippen molar-refractivity contribution in [2.75, 3.05) is 0 Å². The summed E-state index contributed by atoms with van der Waals surface area (Å²) in [4.78, 5) is 11.6. The van der Waals surface area contributed by atoms with E-state index < -0.39 is 0 Å². The van der Waals surface area contributed by atoms with Gasteiger partial charge in [0.15, 0.2) is 0 Å². The lowest BCUT2D eigenvalue weighted by Gasteiger charge is -2.12. The fraction of sp³-hybridized carbons (Fsp3) is 0. The lowest BCUT2D eigenvalue weighted by Crippen LogP contribution is -1.94. The Balaban J connectivity index is 1.94. The van der Waals surface area contributed by atoms with Gasteiger partial charge < -0.3 is 4.42 Å². The van der Waals surface area contributed by atoms with Crippen LogP contribution in [0.1, 0.15) is 0 Å². The van der Waals surface area contributed by atoms with E-state index in [0.29, 0.717) is 5.58 Å². The van der Waals surface area contributed by atoms with Crippen LogP contribution < -0.4 is 5.63 Å². The van der Waals surface area contributed by atoms with Crippen LogP contribution in [-0.4, -0.2) is 0 Å². The topological polar surface area (TPSA) is 30.2 Å². The van der Waals surface area contributed by atoms with Crippen LogP contribution in [0.25, 0.3) is 43.6 Å². The van der Waals surface area contributed by atoms with E-state index in [9.17, 15) is 4.79 Å². The number of hydrogen-bond acceptors (Lipinski definition) is 2. The summed E-state index contributed by atoms with van der Waals surface area (Å²) in [7, 11) is 0. The summed E-state index contributed by atoms with van der Waals surface area (Å²) in [6, 6.07) is 28.3. The van der Waals surface area contributed by atoms with Gasteiger partial charge in [0.2, 0.25) is 0 Å². The second kappa shape index (κ2) is 5.32. The minimum Gasteiger partial charge on any atom is -0.423 e. The van der Waals surface area contributed by atoms with Gasteiger partial charge in [-0.3, -0.25) is 0 Å². The standard InChI is InChI=1S/C23H14O2/c24-22-12-11-15-9-10-18(14-21(15)25-22)23-19-7-3-1-5-16(19)13-17-6-2-4-8-20(17)23/h1-14H. The van der Waals surface area contributed by atoms with Gasteiger partial charge in [0, 0.05) is 11.5 Å². The average Bonchev–Trinajstić information content (AvgIpc) is 2.65. The molecule has 1 aromatic heterocycles. The summed E-state index contributed by atoms with van der Waals surface area (Å²) in [5.41, 5.74) is 2.51. The van der Waals surface area contributed by atoms with Crippen molar-refractivity contribution in [3.05, 3.63) is 95.3 Å². The van der Waals surface area contributed by atoms with Crippen molar-refractivity contribution < 1.29 is 4.42 Å². The van der Waals surface area contributed by atoms with Gasteiger partial charge in [-0.25, -0.2) is 4.79 Å². The van der Waals surface area contributed by atoms with Gasteiger partial charge in [-0.05, 0) is 50.9 Å². The molecule has 5 aromatic rings. The first-order chi connectivity index (χ1) is 12.3. The average molecular weight is 322 g/mol. The van der Waals surface area contributed by atoms with Gasteiger partial charge in [-0.15, -0.1) is 0 Å². The molecule has 118 valence electrons. The van der Waals surface area contributed by atoms with Gasteiger partial charge in [0.25, 0.3) is 0 Å². The van der Waals surface area contributed by atoms with Gasteiger partial charge in [0.05, 0.1) is 0 Å². The zero-order chi connectivity index (χ0) is 16.8. The van der Waals surface area contributed by atoms with Crippen LogP contribution in [0, 0.1) is 0 Å². The molecule has 1 heterocycles. The van der Waals surface area contributed by atoms with Crippen LogP contribution in [0.4, 0.5) is 0 Å². The summed E-state index contributed by atoms with van der Waals surface area (Å²) in [5, 5.41) is 5.71. The maximum atomic E-state index is 11.6. The van der Waals surface area contributed by atoms with Gasteiger partial charge in [-0.2, -0.15) is 0 Å². The Morgan fingerprint density at radius 3 is 1.96 bits per heavy atom. The lowest BCUT2D eigenvalue weighted by molar-refractivity contribution is 0.561. The van der Waals surface area contributed by atoms with E-state index in [1.807, 2.05) is 12.1 Å². The van der Waals surface area contributed by atoms with Crippen LogP contribution in [0.15, 0.2) is 94.1 Å². The number of hydrogen-bond donors (Lipinski definition) is 0. The van der Waals surface area contributed by atoms with Crippen LogP contribution in [0.2, 0.25) is 0 Å². The van der Waals surface area contributed by atoms with Crippen molar-refractivity contribution in [2.45, 2.75) is 0 Å². The first-order valence-electron chi connectivity index (χ1n) is 8.24. The fourth-order valence-electron chi connectivity index (χ4n) is 3.54. The molecule has 0 fully saturated rings. The Morgan fingerprint density at radius 2 is 1.24 bits per heavy atom. The van der Waals surface area contributed by atoms with Crippen molar-refractivity contribution in [3.8, 4) is 11.1 Å². The molecule has 0 atom stereocenters. The molecule has 0 unspecified atom stereocenters. The molecule has 0 aliphatic rings. The first kappa shape index (κ1) is 14.0. The predicted octanol–water partition coefficient (Wildman–Crippen LogP) is 5.77. The van der Waals surface area contributed by atoms with Crippen molar-refractivity contribution in [3.63, 3.8) is 0 Å². The Kier molecular flexibility index (Phi) is 2.98. The van der Waals surface area contributed by atoms with Crippen molar-refractivity contribution >= 4 is 32.5 Å². The lowest BCUT2D eigenvalue weighted by atomic mass is 9.92. The quantitative estimate of drug-likeness (QED) is 0.290. The van der Waals surface area contributed by atoms with E-state index >= 15 is 0 Å². The van der Waals surface area contributed by atoms with Crippen LogP contribution in [-0.2, 0) is 0 Å². The summed E-state index contributed by atoms with van der Waals surface area (Å²) >= 11 is 0. The number of benzene rings is 4. The van der Waals surface area contributed by atoms with E-state index in [-0.39, 0.29) is 5.63 Å². The predicted molar refractivity (Wildman–Crippen MR) is 103 cm³/mol. The molecular formula is C23H14O2. The highest BCUT2D eigenvalue weighted by molar-refractivity contribution is 6.13. The SMILES string of the molecule is O=c1ccc2ccc(-c3c4ccccc4cc4ccccc34)cc2o1. The van der Waals surface area contributed by atoms with E-state index in [1.165, 1.54) is 33.2 Å². The van der Waals surface area contributed by atoms with Crippen molar-refractivity contribution in [1.29, 1.82) is 0 Å². The molecule has 0 amide bonds.